The second-order valence-corrected chi connectivity index (χ2v) is 5.70. The lowest BCUT2D eigenvalue weighted by Gasteiger charge is -2.22. The van der Waals surface area contributed by atoms with Crippen molar-refractivity contribution >= 4 is 28.7 Å². The Labute approximate surface area is 132 Å². The first-order valence-corrected chi connectivity index (χ1v) is 7.58. The van der Waals surface area contributed by atoms with Crippen LogP contribution in [0.15, 0.2) is 41.0 Å². The Morgan fingerprint density at radius 2 is 2.14 bits per heavy atom. The molecule has 0 aliphatic rings. The Morgan fingerprint density at radius 1 is 1.32 bits per heavy atom. The fraction of sp³-hybridized carbons (Fsp3) is 0.267. The second-order valence-electron chi connectivity index (χ2n) is 5.17. The van der Waals surface area contributed by atoms with Gasteiger partial charge in [-0.15, -0.1) is 0 Å². The number of benzene rings is 1. The van der Waals surface area contributed by atoms with Crippen molar-refractivity contribution in [3.05, 3.63) is 47.9 Å². The lowest BCUT2D eigenvalue weighted by atomic mass is 10.1. The third kappa shape index (κ3) is 3.00. The standard InChI is InChI=1S/C15H16N4O2S/c1-19(2)13(14-4-3-7-21-14)9-16-15(20)10-5-6-11-12(8-10)18-22-17-11/h3-8,13H,9H2,1-2H3,(H,16,20). The van der Waals surface area contributed by atoms with Gasteiger partial charge in [0.05, 0.1) is 24.0 Å². The van der Waals surface area contributed by atoms with E-state index in [-0.39, 0.29) is 11.9 Å². The summed E-state index contributed by atoms with van der Waals surface area (Å²) in [6.07, 6.45) is 1.64. The predicted molar refractivity (Wildman–Crippen MR) is 84.9 cm³/mol. The summed E-state index contributed by atoms with van der Waals surface area (Å²) >= 11 is 1.14. The van der Waals surface area contributed by atoms with Crippen LogP contribution in [-0.4, -0.2) is 40.2 Å². The molecule has 22 heavy (non-hydrogen) atoms. The number of furan rings is 1. The summed E-state index contributed by atoms with van der Waals surface area (Å²) in [5.41, 5.74) is 2.13. The van der Waals surface area contributed by atoms with Crippen LogP contribution in [0.1, 0.15) is 22.2 Å². The Balaban J connectivity index is 1.70. The molecular weight excluding hydrogens is 300 g/mol. The van der Waals surface area contributed by atoms with Crippen LogP contribution in [-0.2, 0) is 0 Å². The van der Waals surface area contributed by atoms with E-state index in [2.05, 4.69) is 14.1 Å². The van der Waals surface area contributed by atoms with Gasteiger partial charge in [-0.25, -0.2) is 0 Å². The first-order valence-electron chi connectivity index (χ1n) is 6.85. The van der Waals surface area contributed by atoms with Crippen LogP contribution in [0.4, 0.5) is 0 Å². The highest BCUT2D eigenvalue weighted by Gasteiger charge is 2.18. The van der Waals surface area contributed by atoms with Gasteiger partial charge >= 0.3 is 0 Å². The number of nitrogens with zero attached hydrogens (tertiary/aromatic N) is 3. The normalized spacial score (nSPS) is 12.7. The number of carbonyl (C=O) groups is 1. The average molecular weight is 316 g/mol. The van der Waals surface area contributed by atoms with Crippen molar-refractivity contribution < 1.29 is 9.21 Å². The number of carbonyl (C=O) groups excluding carboxylic acids is 1. The van der Waals surface area contributed by atoms with E-state index in [4.69, 9.17) is 4.42 Å². The molecule has 0 fully saturated rings. The number of hydrogen-bond acceptors (Lipinski definition) is 6. The van der Waals surface area contributed by atoms with Crippen LogP contribution in [0.25, 0.3) is 11.0 Å². The number of fused-ring (bicyclic) bond motifs is 1. The first-order chi connectivity index (χ1) is 10.6. The Kier molecular flexibility index (Phi) is 4.17. The molecule has 0 aliphatic carbocycles. The van der Waals surface area contributed by atoms with Crippen molar-refractivity contribution in [3.8, 4) is 0 Å². The van der Waals surface area contributed by atoms with Gasteiger partial charge in [0.25, 0.3) is 5.91 Å². The topological polar surface area (TPSA) is 71.3 Å². The Bertz CT molecular complexity index is 767. The van der Waals surface area contributed by atoms with Gasteiger partial charge in [0.15, 0.2) is 0 Å². The van der Waals surface area contributed by atoms with Crippen LogP contribution >= 0.6 is 11.7 Å². The van der Waals surface area contributed by atoms with E-state index in [1.54, 1.807) is 18.4 Å². The van der Waals surface area contributed by atoms with Crippen LogP contribution in [0.3, 0.4) is 0 Å². The highest BCUT2D eigenvalue weighted by Crippen LogP contribution is 2.18. The van der Waals surface area contributed by atoms with Gasteiger partial charge in [0, 0.05) is 12.1 Å². The number of nitrogens with one attached hydrogen (secondary N) is 1. The zero-order chi connectivity index (χ0) is 15.5. The fourth-order valence-corrected chi connectivity index (χ4v) is 2.75. The monoisotopic (exact) mass is 316 g/mol. The molecular formula is C15H16N4O2S. The molecule has 1 amide bonds. The van der Waals surface area contributed by atoms with Gasteiger partial charge < -0.3 is 9.73 Å². The molecule has 1 atom stereocenters. The first kappa shape index (κ1) is 14.7. The summed E-state index contributed by atoms with van der Waals surface area (Å²) in [5.74, 6) is 0.692. The van der Waals surface area contributed by atoms with Crippen LogP contribution in [0.5, 0.6) is 0 Å². The van der Waals surface area contributed by atoms with E-state index < -0.39 is 0 Å². The zero-order valence-corrected chi connectivity index (χ0v) is 13.1. The van der Waals surface area contributed by atoms with E-state index in [1.165, 1.54) is 0 Å². The smallest absolute Gasteiger partial charge is 0.251 e. The summed E-state index contributed by atoms with van der Waals surface area (Å²) in [5, 5.41) is 2.94. The van der Waals surface area contributed by atoms with Crippen molar-refractivity contribution in [2.24, 2.45) is 0 Å². The summed E-state index contributed by atoms with van der Waals surface area (Å²) in [7, 11) is 3.90. The molecule has 7 heteroatoms. The summed E-state index contributed by atoms with van der Waals surface area (Å²) < 4.78 is 13.7. The van der Waals surface area contributed by atoms with Crippen molar-refractivity contribution in [3.63, 3.8) is 0 Å². The summed E-state index contributed by atoms with van der Waals surface area (Å²) in [4.78, 5) is 14.3. The van der Waals surface area contributed by atoms with Crippen molar-refractivity contribution in [2.45, 2.75) is 6.04 Å². The highest BCUT2D eigenvalue weighted by molar-refractivity contribution is 7.00. The van der Waals surface area contributed by atoms with E-state index in [0.717, 1.165) is 28.5 Å². The molecule has 3 rings (SSSR count). The van der Waals surface area contributed by atoms with Crippen LogP contribution in [0, 0.1) is 0 Å². The molecule has 2 aromatic heterocycles. The molecule has 0 saturated heterocycles. The zero-order valence-electron chi connectivity index (χ0n) is 12.3. The lowest BCUT2D eigenvalue weighted by molar-refractivity contribution is 0.0939. The molecule has 1 aromatic carbocycles. The van der Waals surface area contributed by atoms with E-state index in [1.807, 2.05) is 37.2 Å². The van der Waals surface area contributed by atoms with Gasteiger partial charge in [-0.1, -0.05) is 0 Å². The molecule has 0 saturated carbocycles. The third-order valence-electron chi connectivity index (χ3n) is 3.47. The number of hydrogen-bond donors (Lipinski definition) is 1. The molecule has 114 valence electrons. The minimum Gasteiger partial charge on any atom is -0.468 e. The highest BCUT2D eigenvalue weighted by atomic mass is 32.1. The Hall–Kier alpha value is -2.25. The molecule has 1 unspecified atom stereocenters. The molecule has 2 heterocycles. The average Bonchev–Trinajstić information content (AvgIpc) is 3.17. The summed E-state index contributed by atoms with van der Waals surface area (Å²) in [6.45, 7) is 0.465. The molecule has 3 aromatic rings. The number of amides is 1. The quantitative estimate of drug-likeness (QED) is 0.782. The van der Waals surface area contributed by atoms with E-state index in [9.17, 15) is 4.79 Å². The van der Waals surface area contributed by atoms with Crippen molar-refractivity contribution in [1.82, 2.24) is 19.0 Å². The van der Waals surface area contributed by atoms with Crippen molar-refractivity contribution in [2.75, 3.05) is 20.6 Å². The molecule has 1 N–H and O–H groups in total. The second kappa shape index (κ2) is 6.25. The third-order valence-corrected chi connectivity index (χ3v) is 4.02. The van der Waals surface area contributed by atoms with Gasteiger partial charge in [-0.05, 0) is 44.4 Å². The minimum absolute atomic E-state index is 0.0105. The largest absolute Gasteiger partial charge is 0.468 e. The molecule has 0 radical (unpaired) electrons. The van der Waals surface area contributed by atoms with Gasteiger partial charge in [0.1, 0.15) is 16.8 Å². The SMILES string of the molecule is CN(C)C(CNC(=O)c1ccc2nsnc2c1)c1ccco1. The minimum atomic E-state index is -0.131. The number of likely N-dealkylation sites (N-methyl/N-ethyl adjacent to an activating group) is 1. The predicted octanol–water partition coefficient (Wildman–Crippen LogP) is 2.32. The van der Waals surface area contributed by atoms with Crippen LogP contribution < -0.4 is 5.32 Å². The van der Waals surface area contributed by atoms with Gasteiger partial charge in [0.2, 0.25) is 0 Å². The molecule has 0 spiro atoms. The van der Waals surface area contributed by atoms with E-state index >= 15 is 0 Å². The number of aromatic nitrogens is 2. The maximum absolute atomic E-state index is 12.3. The van der Waals surface area contributed by atoms with Gasteiger partial charge in [-0.3, -0.25) is 9.69 Å². The fourth-order valence-electron chi connectivity index (χ4n) is 2.23. The summed E-state index contributed by atoms with van der Waals surface area (Å²) in [6, 6.07) is 9.07. The van der Waals surface area contributed by atoms with Crippen molar-refractivity contribution in [1.29, 1.82) is 0 Å². The molecule has 0 bridgehead atoms. The maximum atomic E-state index is 12.3. The lowest BCUT2D eigenvalue weighted by Crippen LogP contribution is -2.34. The Morgan fingerprint density at radius 3 is 2.86 bits per heavy atom. The maximum Gasteiger partial charge on any atom is 0.251 e. The molecule has 0 aliphatic heterocycles. The van der Waals surface area contributed by atoms with Gasteiger partial charge in [-0.2, -0.15) is 8.75 Å². The number of rotatable bonds is 5. The van der Waals surface area contributed by atoms with E-state index in [0.29, 0.717) is 12.1 Å². The molecule has 6 nitrogen and oxygen atoms in total. The van der Waals surface area contributed by atoms with Crippen LogP contribution in [0.2, 0.25) is 0 Å².